The van der Waals surface area contributed by atoms with E-state index < -0.39 is 15.6 Å². The van der Waals surface area contributed by atoms with E-state index in [1.807, 2.05) is 0 Å². The van der Waals surface area contributed by atoms with Crippen molar-refractivity contribution in [1.82, 2.24) is 0 Å². The third kappa shape index (κ3) is 2.40. The summed E-state index contributed by atoms with van der Waals surface area (Å²) in [7, 11) is -2.91. The molecular formula is C10H18O5S. The van der Waals surface area contributed by atoms with Crippen molar-refractivity contribution in [2.75, 3.05) is 24.7 Å². The summed E-state index contributed by atoms with van der Waals surface area (Å²) < 4.78 is 34.1. The molecule has 0 bridgehead atoms. The number of aliphatic hydroxyl groups is 1. The van der Waals surface area contributed by atoms with Gasteiger partial charge >= 0.3 is 0 Å². The van der Waals surface area contributed by atoms with E-state index in [1.165, 1.54) is 0 Å². The van der Waals surface area contributed by atoms with E-state index in [4.69, 9.17) is 14.6 Å². The molecule has 0 amide bonds. The molecule has 94 valence electrons. The Kier molecular flexibility index (Phi) is 3.27. The second-order valence-corrected chi connectivity index (χ2v) is 6.91. The molecule has 5 nitrogen and oxygen atoms in total. The lowest BCUT2D eigenvalue weighted by Gasteiger charge is -2.29. The normalized spacial score (nSPS) is 42.6. The Balaban J connectivity index is 2.00. The average Bonchev–Trinajstić information content (AvgIpc) is 2.72. The highest BCUT2D eigenvalue weighted by molar-refractivity contribution is 7.91. The van der Waals surface area contributed by atoms with Gasteiger partial charge < -0.3 is 14.6 Å². The first-order chi connectivity index (χ1) is 7.45. The first-order valence-corrected chi connectivity index (χ1v) is 7.40. The zero-order valence-electron chi connectivity index (χ0n) is 9.39. The Bertz CT molecular complexity index is 352. The molecule has 2 saturated heterocycles. The van der Waals surface area contributed by atoms with Crippen LogP contribution in [0.2, 0.25) is 0 Å². The van der Waals surface area contributed by atoms with Crippen molar-refractivity contribution >= 4 is 9.84 Å². The summed E-state index contributed by atoms with van der Waals surface area (Å²) in [5.41, 5.74) is 0. The van der Waals surface area contributed by atoms with Crippen molar-refractivity contribution in [3.63, 3.8) is 0 Å². The van der Waals surface area contributed by atoms with Crippen LogP contribution in [-0.4, -0.2) is 50.1 Å². The highest BCUT2D eigenvalue weighted by atomic mass is 32.2. The van der Waals surface area contributed by atoms with Gasteiger partial charge in [0.25, 0.3) is 0 Å². The Hall–Kier alpha value is -0.170. The van der Waals surface area contributed by atoms with Crippen LogP contribution in [0.3, 0.4) is 0 Å². The molecule has 3 unspecified atom stereocenters. The summed E-state index contributed by atoms with van der Waals surface area (Å²) in [4.78, 5) is 0. The number of sulfone groups is 1. The summed E-state index contributed by atoms with van der Waals surface area (Å²) in [5, 5.41) is 8.81. The monoisotopic (exact) mass is 250 g/mol. The molecular weight excluding hydrogens is 232 g/mol. The highest BCUT2D eigenvalue weighted by Gasteiger charge is 2.48. The van der Waals surface area contributed by atoms with Gasteiger partial charge in [-0.3, -0.25) is 0 Å². The number of hydrogen-bond acceptors (Lipinski definition) is 5. The molecule has 0 radical (unpaired) electrons. The van der Waals surface area contributed by atoms with Crippen LogP contribution in [0, 0.1) is 5.92 Å². The standard InChI is InChI=1S/C10H18O5S/c1-10(8-3-5-16(12,13)7-8)14-6-9(15-10)2-4-11/h8-9,11H,2-7H2,1H3. The van der Waals surface area contributed by atoms with Crippen molar-refractivity contribution in [2.45, 2.75) is 31.7 Å². The van der Waals surface area contributed by atoms with E-state index in [-0.39, 0.29) is 30.1 Å². The van der Waals surface area contributed by atoms with Gasteiger partial charge in [0.2, 0.25) is 0 Å². The average molecular weight is 250 g/mol. The van der Waals surface area contributed by atoms with Crippen LogP contribution in [0.25, 0.3) is 0 Å². The molecule has 2 rings (SSSR count). The predicted octanol–water partition coefficient (Wildman–Crippen LogP) is -0.0649. The number of aliphatic hydroxyl groups excluding tert-OH is 1. The Morgan fingerprint density at radius 3 is 2.81 bits per heavy atom. The van der Waals surface area contributed by atoms with Gasteiger partial charge in [-0.25, -0.2) is 8.42 Å². The second kappa shape index (κ2) is 4.25. The van der Waals surface area contributed by atoms with Gasteiger partial charge in [0.1, 0.15) is 0 Å². The van der Waals surface area contributed by atoms with Crippen LogP contribution in [0.15, 0.2) is 0 Å². The summed E-state index contributed by atoms with van der Waals surface area (Å²) in [6, 6.07) is 0. The van der Waals surface area contributed by atoms with Crippen LogP contribution in [0.4, 0.5) is 0 Å². The van der Waals surface area contributed by atoms with Crippen molar-refractivity contribution in [1.29, 1.82) is 0 Å². The molecule has 0 aromatic carbocycles. The van der Waals surface area contributed by atoms with Crippen molar-refractivity contribution < 1.29 is 23.0 Å². The van der Waals surface area contributed by atoms with E-state index in [0.717, 1.165) is 0 Å². The number of ether oxygens (including phenoxy) is 2. The molecule has 2 fully saturated rings. The van der Waals surface area contributed by atoms with Gasteiger partial charge in [0.15, 0.2) is 15.6 Å². The maximum atomic E-state index is 11.4. The van der Waals surface area contributed by atoms with Crippen LogP contribution < -0.4 is 0 Å². The molecule has 2 heterocycles. The summed E-state index contributed by atoms with van der Waals surface area (Å²) >= 11 is 0. The number of rotatable bonds is 3. The predicted molar refractivity (Wildman–Crippen MR) is 57.7 cm³/mol. The maximum absolute atomic E-state index is 11.4. The zero-order chi connectivity index (χ0) is 11.8. The molecule has 0 saturated carbocycles. The third-order valence-electron chi connectivity index (χ3n) is 3.38. The fraction of sp³-hybridized carbons (Fsp3) is 1.00. The van der Waals surface area contributed by atoms with Crippen molar-refractivity contribution in [2.24, 2.45) is 5.92 Å². The lowest BCUT2D eigenvalue weighted by atomic mass is 10.00. The van der Waals surface area contributed by atoms with Crippen molar-refractivity contribution in [3.05, 3.63) is 0 Å². The molecule has 1 N–H and O–H groups in total. The molecule has 3 atom stereocenters. The molecule has 2 aliphatic rings. The van der Waals surface area contributed by atoms with Gasteiger partial charge in [-0.15, -0.1) is 0 Å². The molecule has 0 spiro atoms. The SMILES string of the molecule is CC1(C2CCS(=O)(=O)C2)OCC(CCO)O1. The minimum atomic E-state index is -2.91. The van der Waals surface area contributed by atoms with Crippen molar-refractivity contribution in [3.8, 4) is 0 Å². The largest absolute Gasteiger partial charge is 0.396 e. The summed E-state index contributed by atoms with van der Waals surface area (Å²) in [6.07, 6.45) is 1.03. The van der Waals surface area contributed by atoms with Gasteiger partial charge in [0.05, 0.1) is 24.2 Å². The minimum Gasteiger partial charge on any atom is -0.396 e. The Morgan fingerprint density at radius 2 is 2.25 bits per heavy atom. The smallest absolute Gasteiger partial charge is 0.169 e. The fourth-order valence-corrected chi connectivity index (χ4v) is 4.26. The highest BCUT2D eigenvalue weighted by Crippen LogP contribution is 2.37. The maximum Gasteiger partial charge on any atom is 0.169 e. The Labute approximate surface area is 95.7 Å². The lowest BCUT2D eigenvalue weighted by molar-refractivity contribution is -0.186. The Morgan fingerprint density at radius 1 is 1.50 bits per heavy atom. The first kappa shape index (κ1) is 12.3. The summed E-state index contributed by atoms with van der Waals surface area (Å²) in [5.74, 6) is -0.496. The summed E-state index contributed by atoms with van der Waals surface area (Å²) in [6.45, 7) is 2.30. The third-order valence-corrected chi connectivity index (χ3v) is 5.15. The minimum absolute atomic E-state index is 0.0626. The van der Waals surface area contributed by atoms with Gasteiger partial charge in [-0.2, -0.15) is 0 Å². The molecule has 16 heavy (non-hydrogen) atoms. The van der Waals surface area contributed by atoms with Crippen LogP contribution >= 0.6 is 0 Å². The first-order valence-electron chi connectivity index (χ1n) is 5.58. The number of hydrogen-bond donors (Lipinski definition) is 1. The van der Waals surface area contributed by atoms with E-state index in [2.05, 4.69) is 0 Å². The van der Waals surface area contributed by atoms with E-state index in [9.17, 15) is 8.42 Å². The topological polar surface area (TPSA) is 72.8 Å². The molecule has 0 aromatic rings. The molecule has 6 heteroatoms. The van der Waals surface area contributed by atoms with Crippen LogP contribution in [0.5, 0.6) is 0 Å². The quantitative estimate of drug-likeness (QED) is 0.759. The van der Waals surface area contributed by atoms with Gasteiger partial charge in [-0.1, -0.05) is 0 Å². The van der Waals surface area contributed by atoms with Crippen LogP contribution in [-0.2, 0) is 19.3 Å². The van der Waals surface area contributed by atoms with Crippen LogP contribution in [0.1, 0.15) is 19.8 Å². The zero-order valence-corrected chi connectivity index (χ0v) is 10.2. The fourth-order valence-electron chi connectivity index (χ4n) is 2.37. The van der Waals surface area contributed by atoms with E-state index in [1.54, 1.807) is 6.92 Å². The van der Waals surface area contributed by atoms with Gasteiger partial charge in [0, 0.05) is 12.5 Å². The lowest BCUT2D eigenvalue weighted by Crippen LogP contribution is -2.37. The van der Waals surface area contributed by atoms with Gasteiger partial charge in [-0.05, 0) is 19.8 Å². The second-order valence-electron chi connectivity index (χ2n) is 4.68. The molecule has 0 aromatic heterocycles. The van der Waals surface area contributed by atoms with E-state index in [0.29, 0.717) is 19.4 Å². The molecule has 2 aliphatic heterocycles. The van der Waals surface area contributed by atoms with E-state index >= 15 is 0 Å². The molecule has 0 aliphatic carbocycles.